The molecule has 0 saturated heterocycles. The molecule has 0 spiro atoms. The Morgan fingerprint density at radius 3 is 3.00 bits per heavy atom. The second-order valence-electron chi connectivity index (χ2n) is 4.76. The summed E-state index contributed by atoms with van der Waals surface area (Å²) in [4.78, 5) is 14.5. The number of anilines is 1. The van der Waals surface area contributed by atoms with E-state index in [2.05, 4.69) is 10.3 Å². The molecule has 1 atom stereocenters. The highest BCUT2D eigenvalue weighted by Crippen LogP contribution is 2.24. The van der Waals surface area contributed by atoms with Crippen LogP contribution in [0.1, 0.15) is 12.7 Å². The number of aromatic nitrogens is 1. The Labute approximate surface area is 119 Å². The fraction of sp³-hybridized carbons (Fsp3) is 0.214. The summed E-state index contributed by atoms with van der Waals surface area (Å²) in [6.45, 7) is 1.97. The van der Waals surface area contributed by atoms with Gasteiger partial charge in [0.1, 0.15) is 11.3 Å². The predicted molar refractivity (Wildman–Crippen MR) is 76.2 cm³/mol. The van der Waals surface area contributed by atoms with Crippen molar-refractivity contribution in [1.82, 2.24) is 4.98 Å². The van der Waals surface area contributed by atoms with Gasteiger partial charge in [0.2, 0.25) is 0 Å². The van der Waals surface area contributed by atoms with E-state index in [1.807, 2.05) is 19.1 Å². The molecular weight excluding hydrogens is 274 g/mol. The van der Waals surface area contributed by atoms with E-state index in [4.69, 9.17) is 8.83 Å². The van der Waals surface area contributed by atoms with Gasteiger partial charge in [-0.25, -0.2) is 0 Å². The number of hydrogen-bond acceptors (Lipinski definition) is 6. The van der Waals surface area contributed by atoms with Crippen LogP contribution in [0.3, 0.4) is 0 Å². The molecule has 0 saturated carbocycles. The van der Waals surface area contributed by atoms with E-state index < -0.39 is 4.92 Å². The fourth-order valence-corrected chi connectivity index (χ4v) is 2.08. The minimum absolute atomic E-state index is 0.00835. The zero-order valence-corrected chi connectivity index (χ0v) is 11.3. The van der Waals surface area contributed by atoms with Crippen molar-refractivity contribution < 1.29 is 13.8 Å². The SMILES string of the molecule is CC(Cc1ccco1)Nc1nc2cc([N+](=O)[O-])ccc2o1. The van der Waals surface area contributed by atoms with Gasteiger partial charge in [0.05, 0.1) is 11.2 Å². The van der Waals surface area contributed by atoms with Gasteiger partial charge in [0, 0.05) is 24.6 Å². The third-order valence-electron chi connectivity index (χ3n) is 3.04. The van der Waals surface area contributed by atoms with Crippen molar-refractivity contribution in [3.63, 3.8) is 0 Å². The smallest absolute Gasteiger partial charge is 0.295 e. The number of non-ortho nitro benzene ring substituents is 1. The quantitative estimate of drug-likeness (QED) is 0.571. The van der Waals surface area contributed by atoms with Crippen molar-refractivity contribution >= 4 is 22.8 Å². The Hall–Kier alpha value is -2.83. The number of nitrogens with one attached hydrogen (secondary N) is 1. The second-order valence-corrected chi connectivity index (χ2v) is 4.76. The molecule has 2 aromatic heterocycles. The standard InChI is InChI=1S/C14H13N3O4/c1-9(7-11-3-2-6-20-11)15-14-16-12-8-10(17(18)19)4-5-13(12)21-14/h2-6,8-9H,7H2,1H3,(H,15,16). The third kappa shape index (κ3) is 2.86. The summed E-state index contributed by atoms with van der Waals surface area (Å²) in [5.74, 6) is 0.863. The lowest BCUT2D eigenvalue weighted by molar-refractivity contribution is -0.384. The molecule has 0 aliphatic rings. The van der Waals surface area contributed by atoms with Crippen LogP contribution in [0.4, 0.5) is 11.7 Å². The van der Waals surface area contributed by atoms with Crippen molar-refractivity contribution in [2.24, 2.45) is 0 Å². The zero-order chi connectivity index (χ0) is 14.8. The number of furan rings is 1. The lowest BCUT2D eigenvalue weighted by Crippen LogP contribution is -2.17. The first kappa shape index (κ1) is 13.2. The second kappa shape index (κ2) is 5.28. The highest BCUT2D eigenvalue weighted by atomic mass is 16.6. The lowest BCUT2D eigenvalue weighted by Gasteiger charge is -2.09. The summed E-state index contributed by atoms with van der Waals surface area (Å²) in [7, 11) is 0. The van der Waals surface area contributed by atoms with Gasteiger partial charge >= 0.3 is 0 Å². The van der Waals surface area contributed by atoms with Gasteiger partial charge in [-0.15, -0.1) is 0 Å². The molecule has 2 heterocycles. The van der Waals surface area contributed by atoms with E-state index in [1.165, 1.54) is 12.1 Å². The molecule has 1 N–H and O–H groups in total. The molecule has 0 radical (unpaired) electrons. The molecule has 7 heteroatoms. The molecule has 0 bridgehead atoms. The van der Waals surface area contributed by atoms with Crippen molar-refractivity contribution in [3.05, 3.63) is 52.5 Å². The first-order valence-corrected chi connectivity index (χ1v) is 6.46. The third-order valence-corrected chi connectivity index (χ3v) is 3.04. The maximum absolute atomic E-state index is 10.7. The van der Waals surface area contributed by atoms with E-state index in [9.17, 15) is 10.1 Å². The highest BCUT2D eigenvalue weighted by molar-refractivity contribution is 5.77. The summed E-state index contributed by atoms with van der Waals surface area (Å²) in [5.41, 5.74) is 0.955. The molecule has 3 rings (SSSR count). The number of nitro benzene ring substituents is 1. The maximum atomic E-state index is 10.7. The number of hydrogen-bond donors (Lipinski definition) is 1. The summed E-state index contributed by atoms with van der Waals surface area (Å²) >= 11 is 0. The molecule has 1 unspecified atom stereocenters. The number of rotatable bonds is 5. The molecule has 1 aromatic carbocycles. The van der Waals surface area contributed by atoms with E-state index >= 15 is 0 Å². The highest BCUT2D eigenvalue weighted by Gasteiger charge is 2.13. The number of nitrogens with zero attached hydrogens (tertiary/aromatic N) is 2. The van der Waals surface area contributed by atoms with E-state index in [1.54, 1.807) is 12.3 Å². The number of benzene rings is 1. The van der Waals surface area contributed by atoms with Gasteiger partial charge in [-0.3, -0.25) is 10.1 Å². The Balaban J connectivity index is 1.76. The predicted octanol–water partition coefficient (Wildman–Crippen LogP) is 3.37. The lowest BCUT2D eigenvalue weighted by atomic mass is 10.2. The molecule has 0 amide bonds. The van der Waals surface area contributed by atoms with Crippen molar-refractivity contribution in [3.8, 4) is 0 Å². The topological polar surface area (TPSA) is 94.3 Å². The minimum atomic E-state index is -0.458. The number of nitro groups is 1. The van der Waals surface area contributed by atoms with Gasteiger partial charge in [0.25, 0.3) is 11.7 Å². The van der Waals surface area contributed by atoms with Gasteiger partial charge < -0.3 is 14.2 Å². The van der Waals surface area contributed by atoms with Crippen molar-refractivity contribution in [1.29, 1.82) is 0 Å². The van der Waals surface area contributed by atoms with Gasteiger partial charge in [-0.05, 0) is 25.1 Å². The van der Waals surface area contributed by atoms with Crippen LogP contribution in [0.15, 0.2) is 45.4 Å². The van der Waals surface area contributed by atoms with Gasteiger partial charge in [0.15, 0.2) is 5.58 Å². The molecule has 0 aliphatic carbocycles. The Kier molecular flexibility index (Phi) is 3.31. The maximum Gasteiger partial charge on any atom is 0.295 e. The Morgan fingerprint density at radius 1 is 1.43 bits per heavy atom. The Bertz CT molecular complexity index is 764. The normalized spacial score (nSPS) is 12.4. The van der Waals surface area contributed by atoms with Gasteiger partial charge in [-0.1, -0.05) is 0 Å². The first-order valence-electron chi connectivity index (χ1n) is 6.46. The molecule has 0 fully saturated rings. The molecular formula is C14H13N3O4. The molecule has 108 valence electrons. The average Bonchev–Trinajstić information content (AvgIpc) is 3.05. The minimum Gasteiger partial charge on any atom is -0.469 e. The fourth-order valence-electron chi connectivity index (χ4n) is 2.08. The van der Waals surface area contributed by atoms with Crippen LogP contribution in [-0.4, -0.2) is 15.9 Å². The van der Waals surface area contributed by atoms with E-state index in [0.29, 0.717) is 23.5 Å². The van der Waals surface area contributed by atoms with Gasteiger partial charge in [-0.2, -0.15) is 4.98 Å². The first-order chi connectivity index (χ1) is 10.1. The molecule has 0 aliphatic heterocycles. The molecule has 21 heavy (non-hydrogen) atoms. The average molecular weight is 287 g/mol. The number of oxazole rings is 1. The monoisotopic (exact) mass is 287 g/mol. The molecule has 7 nitrogen and oxygen atoms in total. The van der Waals surface area contributed by atoms with Crippen molar-refractivity contribution in [2.75, 3.05) is 5.32 Å². The van der Waals surface area contributed by atoms with Crippen LogP contribution in [0.2, 0.25) is 0 Å². The van der Waals surface area contributed by atoms with Crippen molar-refractivity contribution in [2.45, 2.75) is 19.4 Å². The van der Waals surface area contributed by atoms with Crippen LogP contribution < -0.4 is 5.32 Å². The summed E-state index contributed by atoms with van der Waals surface area (Å²) in [6, 6.07) is 8.45. The van der Waals surface area contributed by atoms with E-state index in [0.717, 1.165) is 5.76 Å². The number of fused-ring (bicyclic) bond motifs is 1. The Morgan fingerprint density at radius 2 is 2.29 bits per heavy atom. The van der Waals surface area contributed by atoms with Crippen LogP contribution in [0.5, 0.6) is 0 Å². The summed E-state index contributed by atoms with van der Waals surface area (Å²) in [6.07, 6.45) is 2.31. The van der Waals surface area contributed by atoms with Crippen LogP contribution in [0, 0.1) is 10.1 Å². The zero-order valence-electron chi connectivity index (χ0n) is 11.3. The van der Waals surface area contributed by atoms with Crippen LogP contribution in [0.25, 0.3) is 11.1 Å². The molecule has 3 aromatic rings. The largest absolute Gasteiger partial charge is 0.469 e. The van der Waals surface area contributed by atoms with Crippen LogP contribution in [-0.2, 0) is 6.42 Å². The van der Waals surface area contributed by atoms with Crippen LogP contribution >= 0.6 is 0 Å². The summed E-state index contributed by atoms with van der Waals surface area (Å²) in [5, 5.41) is 13.8. The van der Waals surface area contributed by atoms with E-state index in [-0.39, 0.29) is 11.7 Å². The summed E-state index contributed by atoms with van der Waals surface area (Å²) < 4.78 is 10.8.